The Labute approximate surface area is 168 Å². The predicted molar refractivity (Wildman–Crippen MR) is 117 cm³/mol. The number of aryl methyl sites for hydroxylation is 1. The minimum atomic E-state index is -0.0948. The van der Waals surface area contributed by atoms with Gasteiger partial charge in [0.1, 0.15) is 10.7 Å². The van der Waals surface area contributed by atoms with E-state index in [4.69, 9.17) is 4.98 Å². The van der Waals surface area contributed by atoms with Crippen LogP contribution in [0.5, 0.6) is 0 Å². The number of nitrogens with one attached hydrogen (secondary N) is 1. The van der Waals surface area contributed by atoms with E-state index >= 15 is 0 Å². The number of H-pyrrole nitrogens is 1. The first-order valence-corrected chi connectivity index (χ1v) is 10.3. The van der Waals surface area contributed by atoms with E-state index in [0.29, 0.717) is 11.2 Å². The lowest BCUT2D eigenvalue weighted by atomic mass is 9.86. The lowest BCUT2D eigenvalue weighted by Gasteiger charge is -2.19. The van der Waals surface area contributed by atoms with Crippen LogP contribution in [0.4, 0.5) is 0 Å². The van der Waals surface area contributed by atoms with Gasteiger partial charge in [-0.05, 0) is 35.1 Å². The maximum absolute atomic E-state index is 13.0. The second-order valence-corrected chi connectivity index (χ2v) is 9.00. The summed E-state index contributed by atoms with van der Waals surface area (Å²) in [5.41, 5.74) is 4.22. The molecule has 4 aromatic rings. The lowest BCUT2D eigenvalue weighted by molar-refractivity contribution is 0.590. The zero-order valence-corrected chi connectivity index (χ0v) is 17.4. The minimum absolute atomic E-state index is 0.0948. The molecule has 28 heavy (non-hydrogen) atoms. The average molecular weight is 390 g/mol. The molecule has 0 aliphatic carbocycles. The van der Waals surface area contributed by atoms with Crippen molar-refractivity contribution in [1.82, 2.24) is 15.0 Å². The van der Waals surface area contributed by atoms with Crippen molar-refractivity contribution in [1.29, 1.82) is 0 Å². The van der Waals surface area contributed by atoms with Gasteiger partial charge < -0.3 is 4.98 Å². The van der Waals surface area contributed by atoms with Crippen LogP contribution in [0.3, 0.4) is 0 Å². The van der Waals surface area contributed by atoms with Crippen LogP contribution in [0.2, 0.25) is 0 Å². The Morgan fingerprint density at radius 3 is 2.29 bits per heavy atom. The van der Waals surface area contributed by atoms with Gasteiger partial charge in [-0.2, -0.15) is 0 Å². The van der Waals surface area contributed by atoms with E-state index < -0.39 is 0 Å². The Morgan fingerprint density at radius 2 is 1.68 bits per heavy atom. The van der Waals surface area contributed by atoms with Crippen molar-refractivity contribution in [3.05, 3.63) is 69.6 Å². The Hall–Kier alpha value is -2.79. The Morgan fingerprint density at radius 1 is 1.00 bits per heavy atom. The summed E-state index contributed by atoms with van der Waals surface area (Å²) in [7, 11) is 0. The second-order valence-electron chi connectivity index (χ2n) is 7.91. The van der Waals surface area contributed by atoms with Crippen molar-refractivity contribution < 1.29 is 0 Å². The average Bonchev–Trinajstić information content (AvgIpc) is 3.07. The van der Waals surface area contributed by atoms with Crippen LogP contribution < -0.4 is 5.56 Å². The molecule has 0 spiro atoms. The SMILES string of the molecule is CCc1sc2nc(-c3ccncc3)[nH]c(=O)c2c1-c1ccc(C(C)(C)C)cc1. The summed E-state index contributed by atoms with van der Waals surface area (Å²) in [6.07, 6.45) is 4.27. The molecule has 3 heterocycles. The first-order valence-electron chi connectivity index (χ1n) is 9.45. The minimum Gasteiger partial charge on any atom is -0.306 e. The van der Waals surface area contributed by atoms with Crippen molar-refractivity contribution in [2.75, 3.05) is 0 Å². The summed E-state index contributed by atoms with van der Waals surface area (Å²) in [5, 5.41) is 0.683. The highest BCUT2D eigenvalue weighted by Gasteiger charge is 2.19. The van der Waals surface area contributed by atoms with E-state index in [-0.39, 0.29) is 11.0 Å². The van der Waals surface area contributed by atoms with Crippen LogP contribution in [-0.4, -0.2) is 15.0 Å². The molecule has 1 N–H and O–H groups in total. The topological polar surface area (TPSA) is 58.6 Å². The number of benzene rings is 1. The molecule has 0 amide bonds. The summed E-state index contributed by atoms with van der Waals surface area (Å²) < 4.78 is 0. The van der Waals surface area contributed by atoms with E-state index in [2.05, 4.69) is 61.9 Å². The van der Waals surface area contributed by atoms with Gasteiger partial charge in [-0.1, -0.05) is 52.0 Å². The molecule has 0 aliphatic rings. The standard InChI is InChI=1S/C23H23N3OS/c1-5-17-18(14-6-8-16(9-7-14)23(2,3)4)19-21(27)25-20(26-22(19)28-17)15-10-12-24-13-11-15/h6-13H,5H2,1-4H3,(H,25,26,27). The van der Waals surface area contributed by atoms with Crippen molar-refractivity contribution in [3.8, 4) is 22.5 Å². The molecular weight excluding hydrogens is 366 g/mol. The van der Waals surface area contributed by atoms with E-state index in [1.54, 1.807) is 23.7 Å². The van der Waals surface area contributed by atoms with Crippen molar-refractivity contribution >= 4 is 21.6 Å². The van der Waals surface area contributed by atoms with Gasteiger partial charge in [0.25, 0.3) is 5.56 Å². The molecule has 142 valence electrons. The zero-order chi connectivity index (χ0) is 19.9. The first-order chi connectivity index (χ1) is 13.4. The van der Waals surface area contributed by atoms with E-state index in [1.165, 1.54) is 10.4 Å². The number of hydrogen-bond donors (Lipinski definition) is 1. The molecule has 0 unspecified atom stereocenters. The highest BCUT2D eigenvalue weighted by Crippen LogP contribution is 2.37. The summed E-state index contributed by atoms with van der Waals surface area (Å²) in [5.74, 6) is 0.582. The van der Waals surface area contributed by atoms with Gasteiger partial charge in [0.15, 0.2) is 0 Å². The first kappa shape index (κ1) is 18.6. The number of aromatic amines is 1. The van der Waals surface area contributed by atoms with Crippen molar-refractivity contribution in [2.24, 2.45) is 0 Å². The number of rotatable bonds is 3. The van der Waals surface area contributed by atoms with Gasteiger partial charge in [-0.15, -0.1) is 11.3 Å². The fourth-order valence-electron chi connectivity index (χ4n) is 3.39. The smallest absolute Gasteiger partial charge is 0.260 e. The number of hydrogen-bond acceptors (Lipinski definition) is 4. The maximum Gasteiger partial charge on any atom is 0.260 e. The number of nitrogens with zero attached hydrogens (tertiary/aromatic N) is 2. The number of pyridine rings is 1. The van der Waals surface area contributed by atoms with Gasteiger partial charge in [0, 0.05) is 28.4 Å². The molecule has 0 radical (unpaired) electrons. The molecule has 0 saturated carbocycles. The van der Waals surface area contributed by atoms with Crippen LogP contribution in [-0.2, 0) is 11.8 Å². The largest absolute Gasteiger partial charge is 0.306 e. The van der Waals surface area contributed by atoms with E-state index in [9.17, 15) is 4.79 Å². The van der Waals surface area contributed by atoms with Crippen LogP contribution in [0.15, 0.2) is 53.6 Å². The summed E-state index contributed by atoms with van der Waals surface area (Å²) >= 11 is 1.60. The monoisotopic (exact) mass is 389 g/mol. The van der Waals surface area contributed by atoms with Gasteiger partial charge in [0.2, 0.25) is 0 Å². The van der Waals surface area contributed by atoms with Gasteiger partial charge >= 0.3 is 0 Å². The van der Waals surface area contributed by atoms with Crippen LogP contribution in [0.1, 0.15) is 38.1 Å². The molecular formula is C23H23N3OS. The third-order valence-electron chi connectivity index (χ3n) is 4.95. The fourth-order valence-corrected chi connectivity index (χ4v) is 4.53. The number of aromatic nitrogens is 3. The lowest BCUT2D eigenvalue weighted by Crippen LogP contribution is -2.11. The third-order valence-corrected chi connectivity index (χ3v) is 6.18. The van der Waals surface area contributed by atoms with Crippen LogP contribution >= 0.6 is 11.3 Å². The third kappa shape index (κ3) is 3.27. The molecule has 1 aromatic carbocycles. The Balaban J connectivity index is 1.91. The summed E-state index contributed by atoms with van der Waals surface area (Å²) in [6, 6.07) is 12.3. The highest BCUT2D eigenvalue weighted by atomic mass is 32.1. The molecule has 0 saturated heterocycles. The van der Waals surface area contributed by atoms with Crippen molar-refractivity contribution in [3.63, 3.8) is 0 Å². The highest BCUT2D eigenvalue weighted by molar-refractivity contribution is 7.19. The molecule has 3 aromatic heterocycles. The van der Waals surface area contributed by atoms with E-state index in [0.717, 1.165) is 27.9 Å². The Kier molecular flexibility index (Phi) is 4.63. The number of fused-ring (bicyclic) bond motifs is 1. The molecule has 0 fully saturated rings. The molecule has 0 aliphatic heterocycles. The summed E-state index contributed by atoms with van der Waals surface area (Å²) in [6.45, 7) is 8.73. The van der Waals surface area contributed by atoms with Crippen LogP contribution in [0, 0.1) is 0 Å². The molecule has 0 bridgehead atoms. The second kappa shape index (κ2) is 6.99. The number of thiophene rings is 1. The molecule has 0 atom stereocenters. The van der Waals surface area contributed by atoms with Gasteiger partial charge in [0.05, 0.1) is 5.39 Å². The Bertz CT molecular complexity index is 1180. The van der Waals surface area contributed by atoms with Gasteiger partial charge in [-0.3, -0.25) is 9.78 Å². The predicted octanol–water partition coefficient (Wildman–Crippen LogP) is 5.57. The molecule has 5 heteroatoms. The molecule has 4 nitrogen and oxygen atoms in total. The zero-order valence-electron chi connectivity index (χ0n) is 16.5. The maximum atomic E-state index is 13.0. The quantitative estimate of drug-likeness (QED) is 0.498. The molecule has 4 rings (SSSR count). The normalized spacial score (nSPS) is 11.9. The van der Waals surface area contributed by atoms with Crippen molar-refractivity contribution in [2.45, 2.75) is 39.5 Å². The summed E-state index contributed by atoms with van der Waals surface area (Å²) in [4.78, 5) is 26.7. The van der Waals surface area contributed by atoms with E-state index in [1.807, 2.05) is 12.1 Å². The fraction of sp³-hybridized carbons (Fsp3) is 0.261. The van der Waals surface area contributed by atoms with Gasteiger partial charge in [-0.25, -0.2) is 4.98 Å². The van der Waals surface area contributed by atoms with Crippen LogP contribution in [0.25, 0.3) is 32.7 Å².